The van der Waals surface area contributed by atoms with Crippen LogP contribution in [0.5, 0.6) is 5.75 Å². The van der Waals surface area contributed by atoms with Crippen LogP contribution < -0.4 is 14.4 Å². The molecule has 0 aliphatic carbocycles. The maximum atomic E-state index is 12.8. The number of rotatable bonds is 7. The summed E-state index contributed by atoms with van der Waals surface area (Å²) in [5.41, 5.74) is 1.47. The van der Waals surface area contributed by atoms with Crippen molar-refractivity contribution in [2.75, 3.05) is 23.3 Å². The van der Waals surface area contributed by atoms with E-state index in [1.165, 1.54) is 11.4 Å². The lowest BCUT2D eigenvalue weighted by molar-refractivity contribution is -0.118. The molecule has 0 saturated carbocycles. The van der Waals surface area contributed by atoms with Crippen LogP contribution in [0.4, 0.5) is 11.5 Å². The van der Waals surface area contributed by atoms with Crippen LogP contribution in [0.15, 0.2) is 65.7 Å². The lowest BCUT2D eigenvalue weighted by Crippen LogP contribution is -2.26. The number of ether oxygens (including phenoxy) is 1. The fourth-order valence-corrected chi connectivity index (χ4v) is 3.76. The molecule has 8 nitrogen and oxygen atoms in total. The third-order valence-electron chi connectivity index (χ3n) is 4.23. The van der Waals surface area contributed by atoms with Crippen molar-refractivity contribution < 1.29 is 17.9 Å². The van der Waals surface area contributed by atoms with E-state index in [1.807, 2.05) is 6.92 Å². The van der Waals surface area contributed by atoms with Gasteiger partial charge >= 0.3 is 0 Å². The Morgan fingerprint density at radius 3 is 2.34 bits per heavy atom. The molecule has 0 atom stereocenters. The Kier molecular flexibility index (Phi) is 5.88. The predicted octanol–water partition coefficient (Wildman–Crippen LogP) is 2.57. The molecule has 0 saturated heterocycles. The summed E-state index contributed by atoms with van der Waals surface area (Å²) in [7, 11) is -0.415. The average molecular weight is 414 g/mol. The van der Waals surface area contributed by atoms with E-state index in [2.05, 4.69) is 10.4 Å². The first kappa shape index (κ1) is 20.4. The number of sulfonamides is 1. The van der Waals surface area contributed by atoms with Crippen molar-refractivity contribution in [3.63, 3.8) is 0 Å². The minimum absolute atomic E-state index is 0.187. The second-order valence-corrected chi connectivity index (χ2v) is 8.46. The van der Waals surface area contributed by atoms with Crippen LogP contribution in [0.25, 0.3) is 0 Å². The zero-order valence-electron chi connectivity index (χ0n) is 16.4. The van der Waals surface area contributed by atoms with Crippen LogP contribution >= 0.6 is 0 Å². The van der Waals surface area contributed by atoms with Crippen LogP contribution in [0.3, 0.4) is 0 Å². The Labute approximate surface area is 169 Å². The Hall–Kier alpha value is -3.33. The molecule has 0 spiro atoms. The third-order valence-corrected chi connectivity index (χ3v) is 6.03. The summed E-state index contributed by atoms with van der Waals surface area (Å²) in [4.78, 5) is 12.1. The largest absolute Gasteiger partial charge is 0.484 e. The molecule has 1 heterocycles. The Balaban J connectivity index is 1.61. The Morgan fingerprint density at radius 1 is 1.10 bits per heavy atom. The van der Waals surface area contributed by atoms with Gasteiger partial charge in [-0.15, -0.1) is 0 Å². The topological polar surface area (TPSA) is 93.5 Å². The lowest BCUT2D eigenvalue weighted by atomic mass is 10.2. The molecular formula is C20H22N4O4S. The standard InChI is InChI=1S/C20H22N4O4S/c1-15-4-10-18(11-5-15)29(26,27)24(3)16-6-8-17(9-7-16)28-14-20(25)21-19-12-13-23(2)22-19/h4-13H,14H2,1-3H3,(H,21,22,25). The van der Waals surface area contributed by atoms with Gasteiger partial charge in [0, 0.05) is 26.4 Å². The van der Waals surface area contributed by atoms with Crippen LogP contribution in [-0.4, -0.2) is 37.8 Å². The van der Waals surface area contributed by atoms with E-state index in [1.54, 1.807) is 72.5 Å². The summed E-state index contributed by atoms with van der Waals surface area (Å²) in [5.74, 6) is 0.553. The van der Waals surface area contributed by atoms with Crippen LogP contribution in [0.2, 0.25) is 0 Å². The number of carbonyl (C=O) groups excluding carboxylic acids is 1. The number of benzene rings is 2. The quantitative estimate of drug-likeness (QED) is 0.641. The van der Waals surface area contributed by atoms with Crippen molar-refractivity contribution in [2.45, 2.75) is 11.8 Å². The summed E-state index contributed by atoms with van der Waals surface area (Å²) in [6.07, 6.45) is 1.72. The smallest absolute Gasteiger partial charge is 0.264 e. The van der Waals surface area contributed by atoms with Gasteiger partial charge in [0.1, 0.15) is 5.75 Å². The molecule has 152 valence electrons. The van der Waals surface area contributed by atoms with Crippen LogP contribution in [0, 0.1) is 6.92 Å². The molecule has 0 aliphatic rings. The number of aryl methyl sites for hydroxylation is 2. The molecule has 0 fully saturated rings. The molecule has 2 aromatic carbocycles. The molecule has 0 radical (unpaired) electrons. The van der Waals surface area contributed by atoms with E-state index < -0.39 is 10.0 Å². The molecular weight excluding hydrogens is 392 g/mol. The Morgan fingerprint density at radius 2 is 1.76 bits per heavy atom. The SMILES string of the molecule is Cc1ccc(S(=O)(=O)N(C)c2ccc(OCC(=O)Nc3ccn(C)n3)cc2)cc1. The second-order valence-electron chi connectivity index (χ2n) is 6.49. The third kappa shape index (κ3) is 4.94. The second kappa shape index (κ2) is 8.36. The minimum atomic E-state index is -3.66. The fraction of sp³-hybridized carbons (Fsp3) is 0.200. The zero-order chi connectivity index (χ0) is 21.0. The van der Waals surface area contributed by atoms with Gasteiger partial charge in [0.05, 0.1) is 10.6 Å². The number of carbonyl (C=O) groups is 1. The summed E-state index contributed by atoms with van der Waals surface area (Å²) in [5, 5.41) is 6.68. The number of hydrogen-bond donors (Lipinski definition) is 1. The molecule has 29 heavy (non-hydrogen) atoms. The monoisotopic (exact) mass is 414 g/mol. The fourth-order valence-electron chi connectivity index (χ4n) is 2.57. The molecule has 0 unspecified atom stereocenters. The highest BCUT2D eigenvalue weighted by atomic mass is 32.2. The van der Waals surface area contributed by atoms with Gasteiger partial charge < -0.3 is 10.1 Å². The molecule has 3 aromatic rings. The molecule has 1 aromatic heterocycles. The first-order valence-electron chi connectivity index (χ1n) is 8.84. The summed E-state index contributed by atoms with van der Waals surface area (Å²) < 4.78 is 33.7. The molecule has 9 heteroatoms. The molecule has 3 rings (SSSR count). The summed E-state index contributed by atoms with van der Waals surface area (Å²) in [6.45, 7) is 1.71. The van der Waals surface area contributed by atoms with Gasteiger partial charge in [-0.2, -0.15) is 5.10 Å². The summed E-state index contributed by atoms with van der Waals surface area (Å²) >= 11 is 0. The first-order valence-corrected chi connectivity index (χ1v) is 10.3. The zero-order valence-corrected chi connectivity index (χ0v) is 17.2. The number of nitrogens with zero attached hydrogens (tertiary/aromatic N) is 3. The number of amides is 1. The van der Waals surface area contributed by atoms with Crippen molar-refractivity contribution in [3.05, 3.63) is 66.4 Å². The van der Waals surface area contributed by atoms with Crippen LogP contribution in [0.1, 0.15) is 5.56 Å². The average Bonchev–Trinajstić information content (AvgIpc) is 3.11. The van der Waals surface area contributed by atoms with Crippen molar-refractivity contribution in [1.29, 1.82) is 0 Å². The Bertz CT molecular complexity index is 1090. The predicted molar refractivity (Wildman–Crippen MR) is 111 cm³/mol. The summed E-state index contributed by atoms with van der Waals surface area (Å²) in [6, 6.07) is 14.8. The van der Waals surface area contributed by atoms with E-state index >= 15 is 0 Å². The van der Waals surface area contributed by atoms with Gasteiger partial charge in [0.25, 0.3) is 15.9 Å². The number of nitrogens with one attached hydrogen (secondary N) is 1. The number of anilines is 2. The van der Waals surface area contributed by atoms with Gasteiger partial charge in [-0.3, -0.25) is 13.8 Å². The maximum absolute atomic E-state index is 12.8. The number of aromatic nitrogens is 2. The van der Waals surface area contributed by atoms with Gasteiger partial charge in [-0.25, -0.2) is 8.42 Å². The first-order chi connectivity index (χ1) is 13.8. The van der Waals surface area contributed by atoms with Crippen molar-refractivity contribution >= 4 is 27.4 Å². The van der Waals surface area contributed by atoms with Gasteiger partial charge in [0.2, 0.25) is 0 Å². The van der Waals surface area contributed by atoms with E-state index in [0.29, 0.717) is 17.3 Å². The minimum Gasteiger partial charge on any atom is -0.484 e. The number of hydrogen-bond acceptors (Lipinski definition) is 5. The van der Waals surface area contributed by atoms with E-state index in [4.69, 9.17) is 4.74 Å². The van der Waals surface area contributed by atoms with E-state index in [0.717, 1.165) is 5.56 Å². The van der Waals surface area contributed by atoms with Crippen molar-refractivity contribution in [3.8, 4) is 5.75 Å². The van der Waals surface area contributed by atoms with Gasteiger partial charge in [0.15, 0.2) is 12.4 Å². The van der Waals surface area contributed by atoms with E-state index in [-0.39, 0.29) is 17.4 Å². The molecule has 1 N–H and O–H groups in total. The van der Waals surface area contributed by atoms with Gasteiger partial charge in [-0.05, 0) is 43.3 Å². The van der Waals surface area contributed by atoms with E-state index in [9.17, 15) is 13.2 Å². The van der Waals surface area contributed by atoms with Crippen molar-refractivity contribution in [2.24, 2.45) is 7.05 Å². The van der Waals surface area contributed by atoms with Crippen molar-refractivity contribution in [1.82, 2.24) is 9.78 Å². The molecule has 0 aliphatic heterocycles. The van der Waals surface area contributed by atoms with Gasteiger partial charge in [-0.1, -0.05) is 17.7 Å². The highest BCUT2D eigenvalue weighted by Gasteiger charge is 2.21. The molecule has 1 amide bonds. The highest BCUT2D eigenvalue weighted by Crippen LogP contribution is 2.24. The lowest BCUT2D eigenvalue weighted by Gasteiger charge is -2.20. The normalized spacial score (nSPS) is 11.1. The van der Waals surface area contributed by atoms with Crippen LogP contribution in [-0.2, 0) is 21.9 Å². The molecule has 0 bridgehead atoms. The maximum Gasteiger partial charge on any atom is 0.264 e. The highest BCUT2D eigenvalue weighted by molar-refractivity contribution is 7.92.